The van der Waals surface area contributed by atoms with Gasteiger partial charge < -0.3 is 9.74 Å². The third kappa shape index (κ3) is 3.09. The smallest absolute Gasteiger partial charge is 0.352 e. The Labute approximate surface area is 165 Å². The Morgan fingerprint density at radius 2 is 2.07 bits per heavy atom. The highest BCUT2D eigenvalue weighted by Gasteiger charge is 2.60. The van der Waals surface area contributed by atoms with E-state index in [4.69, 9.17) is 4.84 Å². The number of rotatable bonds is 6. The van der Waals surface area contributed by atoms with E-state index in [1.807, 2.05) is 0 Å². The van der Waals surface area contributed by atoms with Crippen LogP contribution in [0.1, 0.15) is 52.2 Å². The van der Waals surface area contributed by atoms with Crippen LogP contribution in [0.4, 0.5) is 0 Å². The van der Waals surface area contributed by atoms with Crippen molar-refractivity contribution in [3.63, 3.8) is 0 Å². The summed E-state index contributed by atoms with van der Waals surface area (Å²) >= 11 is 3.00. The highest BCUT2D eigenvalue weighted by atomic mass is 79.9. The summed E-state index contributed by atoms with van der Waals surface area (Å²) in [5, 5.41) is 3.93. The van der Waals surface area contributed by atoms with Gasteiger partial charge in [0.1, 0.15) is 5.69 Å². The van der Waals surface area contributed by atoms with Crippen LogP contribution in [0.3, 0.4) is 0 Å². The van der Waals surface area contributed by atoms with Crippen LogP contribution < -0.4 is 0 Å². The van der Waals surface area contributed by atoms with Gasteiger partial charge in [-0.3, -0.25) is 9.48 Å². The Morgan fingerprint density at radius 1 is 1.41 bits per heavy atom. The predicted molar refractivity (Wildman–Crippen MR) is 98.8 cm³/mol. The molecule has 0 atom stereocenters. The summed E-state index contributed by atoms with van der Waals surface area (Å²) in [4.78, 5) is 31.8. The van der Waals surface area contributed by atoms with E-state index in [-0.39, 0.29) is 23.4 Å². The number of carbonyl (C=O) groups is 2. The van der Waals surface area contributed by atoms with Gasteiger partial charge in [0.25, 0.3) is 5.91 Å². The Morgan fingerprint density at radius 3 is 2.63 bits per heavy atom. The Hall–Kier alpha value is -1.46. The van der Waals surface area contributed by atoms with Crippen LogP contribution >= 0.6 is 16.1 Å². The van der Waals surface area contributed by atoms with Crippen molar-refractivity contribution in [1.29, 1.82) is 0 Å². The van der Waals surface area contributed by atoms with Crippen molar-refractivity contribution < 1.29 is 22.8 Å². The predicted octanol–water partition coefficient (Wildman–Crippen LogP) is 0.842. The minimum absolute atomic E-state index is 0.110. The molecule has 0 aromatic carbocycles. The van der Waals surface area contributed by atoms with E-state index in [1.54, 1.807) is 11.9 Å². The summed E-state index contributed by atoms with van der Waals surface area (Å²) < 4.78 is 27.2. The molecule has 2 fully saturated rings. The number of halogens is 1. The molecule has 1 aromatic rings. The van der Waals surface area contributed by atoms with Crippen molar-refractivity contribution in [2.45, 2.75) is 42.1 Å². The van der Waals surface area contributed by atoms with Crippen LogP contribution in [0, 0.1) is 0 Å². The van der Waals surface area contributed by atoms with Crippen LogP contribution in [0.5, 0.6) is 0 Å². The molecule has 2 aliphatic carbocycles. The van der Waals surface area contributed by atoms with Crippen LogP contribution in [0.25, 0.3) is 0 Å². The third-order valence-corrected chi connectivity index (χ3v) is 8.76. The minimum atomic E-state index is -3.19. The van der Waals surface area contributed by atoms with Crippen LogP contribution in [0.15, 0.2) is 0 Å². The maximum Gasteiger partial charge on any atom is 0.378 e. The lowest BCUT2D eigenvalue weighted by atomic mass is 10.0. The van der Waals surface area contributed by atoms with Crippen molar-refractivity contribution in [3.8, 4) is 0 Å². The summed E-state index contributed by atoms with van der Waals surface area (Å²) in [5.41, 5.74) is 0.983. The van der Waals surface area contributed by atoms with E-state index in [1.165, 1.54) is 11.7 Å². The largest absolute Gasteiger partial charge is 0.378 e. The molecule has 148 valence electrons. The molecule has 11 heteroatoms. The van der Waals surface area contributed by atoms with Crippen molar-refractivity contribution in [2.24, 2.45) is 7.05 Å². The Kier molecular flexibility index (Phi) is 4.39. The molecule has 0 spiro atoms. The third-order valence-electron chi connectivity index (χ3n) is 5.52. The lowest BCUT2D eigenvalue weighted by Gasteiger charge is -2.31. The summed E-state index contributed by atoms with van der Waals surface area (Å²) in [5.74, 6) is -0.933. The SMILES string of the molecule is CN(Br)OC(=O)c1nn(C)c2c1CCN(CC1(S(=O)(=O)C3CC3)CC1)C2=O. The number of hydrogen-bond acceptors (Lipinski definition) is 7. The molecule has 4 rings (SSSR count). The first-order valence-corrected chi connectivity index (χ1v) is 11.1. The second kappa shape index (κ2) is 6.28. The zero-order valence-corrected chi connectivity index (χ0v) is 17.5. The van der Waals surface area contributed by atoms with Crippen LogP contribution in [-0.4, -0.2) is 69.2 Å². The fraction of sp³-hybridized carbons (Fsp3) is 0.688. The molecule has 2 heterocycles. The van der Waals surface area contributed by atoms with Crippen LogP contribution in [0.2, 0.25) is 0 Å². The molecule has 0 bridgehead atoms. The number of sulfone groups is 1. The number of hydroxylamine groups is 1. The van der Waals surface area contributed by atoms with Gasteiger partial charge in [-0.2, -0.15) is 5.10 Å². The number of amides is 1. The highest BCUT2D eigenvalue weighted by molar-refractivity contribution is 9.07. The lowest BCUT2D eigenvalue weighted by Crippen LogP contribution is -2.46. The molecule has 0 saturated heterocycles. The standard InChI is InChI=1S/C16H21BrN4O5S/c1-19-13-11(12(18-19)15(23)26-20(2)17)5-8-21(14(13)22)9-16(6-7-16)27(24,25)10-3-4-10/h10H,3-9H2,1-2H3. The van der Waals surface area contributed by atoms with E-state index >= 15 is 0 Å². The van der Waals surface area contributed by atoms with E-state index < -0.39 is 20.6 Å². The highest BCUT2D eigenvalue weighted by Crippen LogP contribution is 2.50. The zero-order valence-electron chi connectivity index (χ0n) is 15.1. The molecule has 9 nitrogen and oxygen atoms in total. The molecule has 1 aromatic heterocycles. The molecule has 1 amide bonds. The fourth-order valence-electron chi connectivity index (χ4n) is 3.79. The van der Waals surface area contributed by atoms with Crippen molar-refractivity contribution in [3.05, 3.63) is 17.0 Å². The second-order valence-electron chi connectivity index (χ2n) is 7.50. The first kappa shape index (κ1) is 18.9. The average Bonchev–Trinajstić information content (AvgIpc) is 3.48. The molecule has 2 saturated carbocycles. The fourth-order valence-corrected chi connectivity index (χ4v) is 6.40. The lowest BCUT2D eigenvalue weighted by molar-refractivity contribution is -0.0185. The summed E-state index contributed by atoms with van der Waals surface area (Å²) in [6, 6.07) is 0. The maximum absolute atomic E-state index is 13.0. The maximum atomic E-state index is 13.0. The Balaban J connectivity index is 1.57. The molecular weight excluding hydrogens is 440 g/mol. The summed E-state index contributed by atoms with van der Waals surface area (Å²) in [6.45, 7) is 0.586. The van der Waals surface area contributed by atoms with Gasteiger partial charge >= 0.3 is 5.97 Å². The number of aryl methyl sites for hydroxylation is 1. The molecular formula is C16H21BrN4O5S. The van der Waals surface area contributed by atoms with Gasteiger partial charge in [-0.25, -0.2) is 13.2 Å². The summed E-state index contributed by atoms with van der Waals surface area (Å²) in [6.07, 6.45) is 3.13. The minimum Gasteiger partial charge on any atom is -0.352 e. The molecule has 0 unspecified atom stereocenters. The van der Waals surface area contributed by atoms with Gasteiger partial charge in [0.15, 0.2) is 15.5 Å². The topological polar surface area (TPSA) is 102 Å². The zero-order chi connectivity index (χ0) is 19.6. The van der Waals surface area contributed by atoms with Gasteiger partial charge in [-0.15, -0.1) is 0 Å². The monoisotopic (exact) mass is 460 g/mol. The van der Waals surface area contributed by atoms with Crippen molar-refractivity contribution >= 4 is 37.9 Å². The first-order valence-electron chi connectivity index (χ1n) is 8.87. The second-order valence-corrected chi connectivity index (χ2v) is 11.1. The average molecular weight is 461 g/mol. The number of nitrogens with zero attached hydrogens (tertiary/aromatic N) is 4. The molecule has 1 aliphatic heterocycles. The first-order chi connectivity index (χ1) is 12.7. The Bertz CT molecular complexity index is 917. The summed E-state index contributed by atoms with van der Waals surface area (Å²) in [7, 11) is -0.0780. The van der Waals surface area contributed by atoms with E-state index in [0.29, 0.717) is 37.1 Å². The van der Waals surface area contributed by atoms with Gasteiger partial charge in [0.05, 0.1) is 26.1 Å². The molecule has 0 N–H and O–H groups in total. The van der Waals surface area contributed by atoms with E-state index in [0.717, 1.165) is 16.9 Å². The number of carbonyl (C=O) groups excluding carboxylic acids is 2. The van der Waals surface area contributed by atoms with Gasteiger partial charge in [-0.1, -0.05) is 4.09 Å². The number of fused-ring (bicyclic) bond motifs is 1. The van der Waals surface area contributed by atoms with Gasteiger partial charge in [0.2, 0.25) is 0 Å². The van der Waals surface area contributed by atoms with Crippen molar-refractivity contribution in [1.82, 2.24) is 18.8 Å². The number of hydrogen-bond donors (Lipinski definition) is 0. The molecule has 3 aliphatic rings. The molecule has 27 heavy (non-hydrogen) atoms. The quantitative estimate of drug-likeness (QED) is 0.457. The van der Waals surface area contributed by atoms with Gasteiger partial charge in [-0.05, 0) is 32.1 Å². The molecule has 0 radical (unpaired) electrons. The number of aromatic nitrogens is 2. The van der Waals surface area contributed by atoms with Gasteiger partial charge in [0, 0.05) is 32.7 Å². The van der Waals surface area contributed by atoms with Crippen LogP contribution in [-0.2, 0) is 28.1 Å². The normalized spacial score (nSPS) is 21.3. The van der Waals surface area contributed by atoms with E-state index in [9.17, 15) is 18.0 Å². The van der Waals surface area contributed by atoms with Crippen molar-refractivity contribution in [2.75, 3.05) is 20.1 Å². The van der Waals surface area contributed by atoms with E-state index in [2.05, 4.69) is 21.2 Å².